The van der Waals surface area contributed by atoms with Gasteiger partial charge in [0.2, 0.25) is 0 Å². The van der Waals surface area contributed by atoms with E-state index in [-0.39, 0.29) is 28.6 Å². The number of anilines is 1. The maximum Gasteiger partial charge on any atom is 0.339 e. The highest BCUT2D eigenvalue weighted by Crippen LogP contribution is 2.33. The van der Waals surface area contributed by atoms with Crippen LogP contribution in [-0.2, 0) is 16.1 Å². The highest BCUT2D eigenvalue weighted by Gasteiger charge is 2.25. The summed E-state index contributed by atoms with van der Waals surface area (Å²) >= 11 is 0.918. The number of carbonyl (C=O) groups is 3. The van der Waals surface area contributed by atoms with E-state index >= 15 is 0 Å². The molecule has 3 N–H and O–H groups in total. The molecule has 27 heavy (non-hydrogen) atoms. The third-order valence-corrected chi connectivity index (χ3v) is 4.91. The first-order valence-corrected chi connectivity index (χ1v) is 8.75. The van der Waals surface area contributed by atoms with E-state index in [1.165, 1.54) is 14.0 Å². The summed E-state index contributed by atoms with van der Waals surface area (Å²) in [5, 5.41) is 14.8. The van der Waals surface area contributed by atoms with Crippen LogP contribution < -0.4 is 15.4 Å². The standard InChI is InChI=1S/C18H20N2O6S/c1-10-14(18(23)24)17(20-13(21)9-25-2)27-15(10)16(22)19-8-11-4-6-12(26-3)7-5-11/h4-7H,8-9H2,1-3H3,(H,19,22)(H,20,21)(H,23,24). The Kier molecular flexibility index (Phi) is 6.91. The number of carbonyl (C=O) groups excluding carboxylic acids is 2. The lowest BCUT2D eigenvalue weighted by molar-refractivity contribution is -0.119. The average Bonchev–Trinajstić information content (AvgIpc) is 2.96. The molecule has 8 nitrogen and oxygen atoms in total. The molecule has 0 spiro atoms. The van der Waals surface area contributed by atoms with E-state index in [1.807, 2.05) is 12.1 Å². The van der Waals surface area contributed by atoms with Crippen LogP contribution in [-0.4, -0.2) is 43.7 Å². The third-order valence-electron chi connectivity index (χ3n) is 3.71. The molecule has 0 bridgehead atoms. The molecule has 0 radical (unpaired) electrons. The highest BCUT2D eigenvalue weighted by molar-refractivity contribution is 7.18. The number of benzene rings is 1. The molecule has 0 fully saturated rings. The molecule has 0 atom stereocenters. The minimum Gasteiger partial charge on any atom is -0.497 e. The van der Waals surface area contributed by atoms with Gasteiger partial charge in [0, 0.05) is 13.7 Å². The summed E-state index contributed by atoms with van der Waals surface area (Å²) < 4.78 is 9.80. The van der Waals surface area contributed by atoms with Gasteiger partial charge in [0.15, 0.2) is 0 Å². The summed E-state index contributed by atoms with van der Waals surface area (Å²) in [4.78, 5) is 36.0. The normalized spacial score (nSPS) is 10.3. The Morgan fingerprint density at radius 1 is 1.15 bits per heavy atom. The summed E-state index contributed by atoms with van der Waals surface area (Å²) in [5.74, 6) is -1.41. The Morgan fingerprint density at radius 3 is 2.37 bits per heavy atom. The van der Waals surface area contributed by atoms with Crippen molar-refractivity contribution in [1.82, 2.24) is 5.32 Å². The monoisotopic (exact) mass is 392 g/mol. The van der Waals surface area contributed by atoms with Gasteiger partial charge in [-0.1, -0.05) is 12.1 Å². The fourth-order valence-corrected chi connectivity index (χ4v) is 3.51. The Balaban J connectivity index is 2.16. The number of hydrogen-bond acceptors (Lipinski definition) is 6. The van der Waals surface area contributed by atoms with Crippen LogP contribution in [0.15, 0.2) is 24.3 Å². The van der Waals surface area contributed by atoms with Gasteiger partial charge in [-0.15, -0.1) is 11.3 Å². The van der Waals surface area contributed by atoms with Gasteiger partial charge in [-0.2, -0.15) is 0 Å². The molecule has 1 heterocycles. The van der Waals surface area contributed by atoms with Crippen LogP contribution in [0.3, 0.4) is 0 Å². The van der Waals surface area contributed by atoms with Crippen molar-refractivity contribution in [1.29, 1.82) is 0 Å². The van der Waals surface area contributed by atoms with Crippen molar-refractivity contribution in [2.75, 3.05) is 26.1 Å². The first kappa shape index (κ1) is 20.4. The van der Waals surface area contributed by atoms with Gasteiger partial charge in [0.1, 0.15) is 17.4 Å². The summed E-state index contributed by atoms with van der Waals surface area (Å²) in [7, 11) is 2.93. The molecule has 0 saturated heterocycles. The zero-order valence-electron chi connectivity index (χ0n) is 15.1. The minimum absolute atomic E-state index is 0.0981. The number of carboxylic acids is 1. The molecule has 1 aromatic heterocycles. The number of rotatable bonds is 8. The topological polar surface area (TPSA) is 114 Å². The van der Waals surface area contributed by atoms with Crippen LogP contribution in [0, 0.1) is 6.92 Å². The molecule has 0 saturated carbocycles. The first-order valence-electron chi connectivity index (χ1n) is 7.94. The molecule has 0 aliphatic carbocycles. The fraction of sp³-hybridized carbons (Fsp3) is 0.278. The smallest absolute Gasteiger partial charge is 0.339 e. The lowest BCUT2D eigenvalue weighted by atomic mass is 10.1. The van der Waals surface area contributed by atoms with Gasteiger partial charge in [0.25, 0.3) is 11.8 Å². The highest BCUT2D eigenvalue weighted by atomic mass is 32.1. The number of methoxy groups -OCH3 is 2. The van der Waals surface area contributed by atoms with Crippen molar-refractivity contribution in [2.24, 2.45) is 0 Å². The molecule has 0 unspecified atom stereocenters. The maximum absolute atomic E-state index is 12.5. The molecule has 1 aromatic carbocycles. The van der Waals surface area contributed by atoms with Gasteiger partial charge < -0.3 is 25.2 Å². The Hall–Kier alpha value is -2.91. The molecular formula is C18H20N2O6S. The minimum atomic E-state index is -1.22. The van der Waals surface area contributed by atoms with Crippen LogP contribution in [0.25, 0.3) is 0 Å². The number of ether oxygens (including phenoxy) is 2. The molecular weight excluding hydrogens is 372 g/mol. The van der Waals surface area contributed by atoms with E-state index in [0.29, 0.717) is 11.3 Å². The average molecular weight is 392 g/mol. The maximum atomic E-state index is 12.5. The van der Waals surface area contributed by atoms with Gasteiger partial charge in [-0.25, -0.2) is 4.79 Å². The van der Waals surface area contributed by atoms with E-state index in [4.69, 9.17) is 9.47 Å². The molecule has 9 heteroatoms. The van der Waals surface area contributed by atoms with Crippen LogP contribution in [0.5, 0.6) is 5.75 Å². The van der Waals surface area contributed by atoms with E-state index in [9.17, 15) is 19.5 Å². The summed E-state index contributed by atoms with van der Waals surface area (Å²) in [6.45, 7) is 1.59. The fourth-order valence-electron chi connectivity index (χ4n) is 2.38. The number of amides is 2. The van der Waals surface area contributed by atoms with Crippen LogP contribution in [0.2, 0.25) is 0 Å². The molecule has 0 aliphatic heterocycles. The molecule has 144 valence electrons. The van der Waals surface area contributed by atoms with Crippen molar-refractivity contribution >= 4 is 34.1 Å². The third kappa shape index (κ3) is 5.05. The zero-order chi connectivity index (χ0) is 20.0. The zero-order valence-corrected chi connectivity index (χ0v) is 15.9. The Morgan fingerprint density at radius 2 is 1.81 bits per heavy atom. The van der Waals surface area contributed by atoms with Gasteiger partial charge in [-0.05, 0) is 30.2 Å². The number of nitrogens with one attached hydrogen (secondary N) is 2. The lowest BCUT2D eigenvalue weighted by Gasteiger charge is -2.06. The second kappa shape index (κ2) is 9.15. The van der Waals surface area contributed by atoms with Gasteiger partial charge in [-0.3, -0.25) is 9.59 Å². The van der Waals surface area contributed by atoms with E-state index in [2.05, 4.69) is 10.6 Å². The van der Waals surface area contributed by atoms with Crippen molar-refractivity contribution in [3.63, 3.8) is 0 Å². The molecule has 2 rings (SSSR count). The second-order valence-electron chi connectivity index (χ2n) is 5.58. The summed E-state index contributed by atoms with van der Waals surface area (Å²) in [6.07, 6.45) is 0. The second-order valence-corrected chi connectivity index (χ2v) is 6.60. The van der Waals surface area contributed by atoms with E-state index in [1.54, 1.807) is 19.2 Å². The van der Waals surface area contributed by atoms with Crippen LogP contribution >= 0.6 is 11.3 Å². The first-order chi connectivity index (χ1) is 12.9. The Bertz CT molecular complexity index is 844. The molecule has 0 aliphatic rings. The largest absolute Gasteiger partial charge is 0.497 e. The van der Waals surface area contributed by atoms with Crippen molar-refractivity contribution in [3.8, 4) is 5.75 Å². The summed E-state index contributed by atoms with van der Waals surface area (Å²) in [6, 6.07) is 7.20. The van der Waals surface area contributed by atoms with Crippen LogP contribution in [0.4, 0.5) is 5.00 Å². The predicted octanol–water partition coefficient (Wildman–Crippen LogP) is 2.28. The number of thiophene rings is 1. The predicted molar refractivity (Wildman–Crippen MR) is 101 cm³/mol. The lowest BCUT2D eigenvalue weighted by Crippen LogP contribution is -2.22. The molecule has 2 aromatic rings. The van der Waals surface area contributed by atoms with Gasteiger partial charge >= 0.3 is 5.97 Å². The molecule has 2 amide bonds. The Labute approximate surface area is 160 Å². The van der Waals surface area contributed by atoms with E-state index < -0.39 is 17.8 Å². The SMILES string of the molecule is COCC(=O)Nc1sc(C(=O)NCc2ccc(OC)cc2)c(C)c1C(=O)O. The number of carboxylic acid groups (broad SMARTS) is 1. The van der Waals surface area contributed by atoms with Crippen molar-refractivity contribution in [3.05, 3.63) is 45.8 Å². The quantitative estimate of drug-likeness (QED) is 0.635. The van der Waals surface area contributed by atoms with Crippen LogP contribution in [0.1, 0.15) is 31.2 Å². The van der Waals surface area contributed by atoms with Gasteiger partial charge in [0.05, 0.1) is 17.6 Å². The summed E-state index contributed by atoms with van der Waals surface area (Å²) in [5.41, 5.74) is 1.07. The number of hydrogen-bond donors (Lipinski definition) is 3. The van der Waals surface area contributed by atoms with Crippen molar-refractivity contribution in [2.45, 2.75) is 13.5 Å². The van der Waals surface area contributed by atoms with E-state index in [0.717, 1.165) is 16.9 Å². The number of aromatic carboxylic acids is 1. The van der Waals surface area contributed by atoms with Crippen molar-refractivity contribution < 1.29 is 29.0 Å².